The van der Waals surface area contributed by atoms with Crippen LogP contribution in [0.15, 0.2) is 96.1 Å². The standard InChI is InChI=1S/C40H42/c1-7-40(6,34-22-32-10-8-12-36(38(32)24-34)30-18-14-28(15-19-30)26(2)3)35-23-33-11-9-13-37(39(33)25-35)31-20-16-29(17-21-31)27(4)5/h8-21,24-27H,7,22-23H2,1-6H3. The highest BCUT2D eigenvalue weighted by atomic mass is 14.4. The van der Waals surface area contributed by atoms with Crippen molar-refractivity contribution in [3.63, 3.8) is 0 Å². The summed E-state index contributed by atoms with van der Waals surface area (Å²) in [7, 11) is 0. The lowest BCUT2D eigenvalue weighted by Crippen LogP contribution is -2.21. The Balaban J connectivity index is 1.35. The third kappa shape index (κ3) is 4.58. The van der Waals surface area contributed by atoms with Gasteiger partial charge in [-0.1, -0.05) is 150 Å². The van der Waals surface area contributed by atoms with Gasteiger partial charge in [0.1, 0.15) is 0 Å². The average molecular weight is 523 g/mol. The third-order valence-corrected chi connectivity index (χ3v) is 9.69. The fourth-order valence-corrected chi connectivity index (χ4v) is 6.70. The summed E-state index contributed by atoms with van der Waals surface area (Å²) >= 11 is 0. The van der Waals surface area contributed by atoms with E-state index in [2.05, 4.69) is 139 Å². The highest BCUT2D eigenvalue weighted by Gasteiger charge is 2.36. The summed E-state index contributed by atoms with van der Waals surface area (Å²) in [6, 6.07) is 32.2. The molecule has 202 valence electrons. The lowest BCUT2D eigenvalue weighted by atomic mass is 9.72. The first kappa shape index (κ1) is 26.6. The zero-order chi connectivity index (χ0) is 28.0. The van der Waals surface area contributed by atoms with Crippen LogP contribution in [0.1, 0.15) is 93.2 Å². The molecule has 0 unspecified atom stereocenters. The van der Waals surface area contributed by atoms with E-state index in [1.807, 2.05) is 0 Å². The number of benzene rings is 4. The molecule has 2 aliphatic carbocycles. The molecule has 0 heterocycles. The first-order chi connectivity index (χ1) is 19.3. The van der Waals surface area contributed by atoms with Gasteiger partial charge in [-0.15, -0.1) is 0 Å². The van der Waals surface area contributed by atoms with Gasteiger partial charge < -0.3 is 0 Å². The second-order valence-corrected chi connectivity index (χ2v) is 12.7. The molecule has 40 heavy (non-hydrogen) atoms. The summed E-state index contributed by atoms with van der Waals surface area (Å²) in [5.41, 5.74) is 17.0. The van der Waals surface area contributed by atoms with Crippen LogP contribution in [0, 0.1) is 5.41 Å². The van der Waals surface area contributed by atoms with E-state index < -0.39 is 0 Å². The van der Waals surface area contributed by atoms with Crippen LogP contribution in [0.25, 0.3) is 34.4 Å². The first-order valence-electron chi connectivity index (χ1n) is 15.1. The van der Waals surface area contributed by atoms with Crippen molar-refractivity contribution < 1.29 is 0 Å². The van der Waals surface area contributed by atoms with Crippen molar-refractivity contribution in [1.29, 1.82) is 0 Å². The molecule has 0 saturated carbocycles. The van der Waals surface area contributed by atoms with E-state index >= 15 is 0 Å². The molecule has 0 amide bonds. The molecule has 0 spiro atoms. The molecule has 0 fully saturated rings. The Kier molecular flexibility index (Phi) is 6.91. The predicted molar refractivity (Wildman–Crippen MR) is 174 cm³/mol. The molecular formula is C40H42. The maximum atomic E-state index is 2.53. The number of fused-ring (bicyclic) bond motifs is 2. The normalized spacial score (nSPS) is 14.4. The molecule has 2 aliphatic rings. The number of hydrogen-bond donors (Lipinski definition) is 0. The molecule has 0 aromatic heterocycles. The van der Waals surface area contributed by atoms with Crippen molar-refractivity contribution in [1.82, 2.24) is 0 Å². The van der Waals surface area contributed by atoms with Gasteiger partial charge in [0.2, 0.25) is 0 Å². The smallest absolute Gasteiger partial charge is 0.0103 e. The highest BCUT2D eigenvalue weighted by molar-refractivity contribution is 5.84. The third-order valence-electron chi connectivity index (χ3n) is 9.69. The quantitative estimate of drug-likeness (QED) is 0.226. The lowest BCUT2D eigenvalue weighted by Gasteiger charge is -2.32. The van der Waals surface area contributed by atoms with E-state index in [4.69, 9.17) is 0 Å². The fourth-order valence-electron chi connectivity index (χ4n) is 6.70. The molecule has 0 N–H and O–H groups in total. The van der Waals surface area contributed by atoms with Crippen molar-refractivity contribution >= 4 is 12.2 Å². The van der Waals surface area contributed by atoms with Crippen molar-refractivity contribution in [3.8, 4) is 22.3 Å². The predicted octanol–water partition coefficient (Wildman–Crippen LogP) is 11.3. The van der Waals surface area contributed by atoms with Crippen molar-refractivity contribution in [2.75, 3.05) is 0 Å². The maximum absolute atomic E-state index is 2.53. The minimum Gasteiger partial charge on any atom is -0.0642 e. The molecule has 6 rings (SSSR count). The largest absolute Gasteiger partial charge is 0.0642 e. The Labute approximate surface area is 241 Å². The van der Waals surface area contributed by atoms with Gasteiger partial charge in [0.05, 0.1) is 0 Å². The van der Waals surface area contributed by atoms with Gasteiger partial charge in [0.15, 0.2) is 0 Å². The molecule has 0 aliphatic heterocycles. The van der Waals surface area contributed by atoms with Crippen LogP contribution in [0.2, 0.25) is 0 Å². The molecule has 0 saturated heterocycles. The van der Waals surface area contributed by atoms with Gasteiger partial charge >= 0.3 is 0 Å². The Morgan fingerprint density at radius 2 is 0.975 bits per heavy atom. The van der Waals surface area contributed by atoms with E-state index in [0.717, 1.165) is 19.3 Å². The number of rotatable bonds is 7. The molecule has 0 bridgehead atoms. The van der Waals surface area contributed by atoms with Gasteiger partial charge in [0.25, 0.3) is 0 Å². The maximum Gasteiger partial charge on any atom is 0.0103 e. The lowest BCUT2D eigenvalue weighted by molar-refractivity contribution is 0.452. The summed E-state index contributed by atoms with van der Waals surface area (Å²) in [6.07, 6.45) is 8.23. The van der Waals surface area contributed by atoms with Crippen LogP contribution in [-0.4, -0.2) is 0 Å². The number of allylic oxidation sites excluding steroid dienone is 2. The summed E-state index contributed by atoms with van der Waals surface area (Å²) in [4.78, 5) is 0. The van der Waals surface area contributed by atoms with E-state index in [-0.39, 0.29) is 5.41 Å². The van der Waals surface area contributed by atoms with Crippen LogP contribution < -0.4 is 0 Å². The Bertz CT molecular complexity index is 1490. The van der Waals surface area contributed by atoms with Gasteiger partial charge in [-0.2, -0.15) is 0 Å². The zero-order valence-corrected chi connectivity index (χ0v) is 25.0. The van der Waals surface area contributed by atoms with Crippen molar-refractivity contribution in [2.45, 2.75) is 72.6 Å². The molecular weight excluding hydrogens is 480 g/mol. The number of hydrogen-bond acceptors (Lipinski definition) is 0. The fraction of sp³-hybridized carbons (Fsp3) is 0.300. The van der Waals surface area contributed by atoms with Gasteiger partial charge in [0, 0.05) is 5.41 Å². The van der Waals surface area contributed by atoms with Crippen LogP contribution in [-0.2, 0) is 12.8 Å². The van der Waals surface area contributed by atoms with Crippen LogP contribution >= 0.6 is 0 Å². The van der Waals surface area contributed by atoms with Crippen molar-refractivity contribution in [2.24, 2.45) is 5.41 Å². The van der Waals surface area contributed by atoms with E-state index in [0.29, 0.717) is 11.8 Å². The van der Waals surface area contributed by atoms with Crippen LogP contribution in [0.3, 0.4) is 0 Å². The summed E-state index contributed by atoms with van der Waals surface area (Å²) in [5, 5.41) is 0. The average Bonchev–Trinajstić information content (AvgIpc) is 3.62. The molecule has 0 atom stereocenters. The van der Waals surface area contributed by atoms with Crippen LogP contribution in [0.5, 0.6) is 0 Å². The SMILES string of the molecule is CCC(C)(C1=Cc2c(cccc2-c2ccc(C(C)C)cc2)C1)C1=Cc2c(cccc2-c2ccc(C(C)C)cc2)C1. The summed E-state index contributed by atoms with van der Waals surface area (Å²) in [6.45, 7) is 13.9. The molecule has 4 aromatic carbocycles. The van der Waals surface area contributed by atoms with Gasteiger partial charge in [-0.05, 0) is 86.7 Å². The Morgan fingerprint density at radius 1 is 0.575 bits per heavy atom. The van der Waals surface area contributed by atoms with Crippen LogP contribution in [0.4, 0.5) is 0 Å². The van der Waals surface area contributed by atoms with Gasteiger partial charge in [-0.25, -0.2) is 0 Å². The van der Waals surface area contributed by atoms with E-state index in [9.17, 15) is 0 Å². The van der Waals surface area contributed by atoms with E-state index in [1.165, 1.54) is 55.6 Å². The minimum atomic E-state index is 0.0373. The second kappa shape index (κ2) is 10.4. The van der Waals surface area contributed by atoms with Gasteiger partial charge in [-0.3, -0.25) is 0 Å². The van der Waals surface area contributed by atoms with Crippen molar-refractivity contribution in [3.05, 3.63) is 129 Å². The molecule has 0 heteroatoms. The molecule has 0 nitrogen and oxygen atoms in total. The van der Waals surface area contributed by atoms with E-state index in [1.54, 1.807) is 11.1 Å². The highest BCUT2D eigenvalue weighted by Crippen LogP contribution is 2.50. The Hall–Kier alpha value is -3.64. The Morgan fingerprint density at radius 3 is 1.32 bits per heavy atom. The summed E-state index contributed by atoms with van der Waals surface area (Å²) < 4.78 is 0. The topological polar surface area (TPSA) is 0 Å². The monoisotopic (exact) mass is 522 g/mol. The molecule has 4 aromatic rings. The zero-order valence-electron chi connectivity index (χ0n) is 25.0. The first-order valence-corrected chi connectivity index (χ1v) is 15.1. The molecule has 0 radical (unpaired) electrons. The minimum absolute atomic E-state index is 0.0373. The second-order valence-electron chi connectivity index (χ2n) is 12.7. The summed E-state index contributed by atoms with van der Waals surface area (Å²) in [5.74, 6) is 1.10.